The van der Waals surface area contributed by atoms with Crippen molar-refractivity contribution in [2.75, 3.05) is 0 Å². The lowest BCUT2D eigenvalue weighted by Gasteiger charge is -2.18. The summed E-state index contributed by atoms with van der Waals surface area (Å²) in [6.07, 6.45) is 0. The minimum atomic E-state index is -0.960. The Morgan fingerprint density at radius 1 is 1.16 bits per heavy atom. The van der Waals surface area contributed by atoms with Crippen molar-refractivity contribution in [2.24, 2.45) is 0 Å². The van der Waals surface area contributed by atoms with Crippen LogP contribution in [0.25, 0.3) is 11.4 Å². The number of aliphatic carboxylic acids is 1. The van der Waals surface area contributed by atoms with Crippen LogP contribution in [-0.2, 0) is 11.3 Å². The van der Waals surface area contributed by atoms with Gasteiger partial charge in [0, 0.05) is 34.3 Å². The maximum Gasteiger partial charge on any atom is 0.319 e. The molecule has 0 atom stereocenters. The van der Waals surface area contributed by atoms with E-state index in [-0.39, 0.29) is 17.8 Å². The van der Waals surface area contributed by atoms with Crippen LogP contribution in [0.1, 0.15) is 35.6 Å². The number of hydrogen-bond acceptors (Lipinski definition) is 4. The lowest BCUT2D eigenvalue weighted by Crippen LogP contribution is -2.26. The van der Waals surface area contributed by atoms with Gasteiger partial charge in [0.1, 0.15) is 27.9 Å². The Kier molecular flexibility index (Phi) is 6.45. The number of benzene rings is 2. The molecule has 1 aromatic heterocycles. The number of thioether (sulfide) groups is 1. The number of carboxylic acids is 1. The number of carbonyl (C=O) groups is 2. The summed E-state index contributed by atoms with van der Waals surface area (Å²) in [4.78, 5) is 31.9. The Labute approximate surface area is 182 Å². The van der Waals surface area contributed by atoms with Gasteiger partial charge in [0.2, 0.25) is 0 Å². The van der Waals surface area contributed by atoms with Gasteiger partial charge in [-0.1, -0.05) is 18.2 Å². The maximum atomic E-state index is 13.7. The second-order valence-electron chi connectivity index (χ2n) is 7.42. The molecule has 6 nitrogen and oxygen atoms in total. The van der Waals surface area contributed by atoms with Crippen molar-refractivity contribution in [1.82, 2.24) is 15.3 Å². The standard InChI is InChI=1S/C22H21F2N3O3S/c1-12-18(20(28)25-11-14-4-7-15(23)10-17(14)24)27-19(26-12)13-5-8-16(9-6-13)31-22(2,3)21(29)30/h4-10H,11H2,1-3H3,(H,25,28)(H,26,27)(H,29,30). The topological polar surface area (TPSA) is 95.1 Å². The highest BCUT2D eigenvalue weighted by Gasteiger charge is 2.28. The predicted molar refractivity (Wildman–Crippen MR) is 114 cm³/mol. The van der Waals surface area contributed by atoms with Gasteiger partial charge >= 0.3 is 5.97 Å². The number of hydrogen-bond donors (Lipinski definition) is 3. The zero-order valence-electron chi connectivity index (χ0n) is 17.1. The fourth-order valence-corrected chi connectivity index (χ4v) is 3.71. The fraction of sp³-hybridized carbons (Fsp3) is 0.227. The Bertz CT molecular complexity index is 1130. The monoisotopic (exact) mass is 445 g/mol. The first-order valence-electron chi connectivity index (χ1n) is 9.38. The SMILES string of the molecule is Cc1[nH]c(-c2ccc(SC(C)(C)C(=O)O)cc2)nc1C(=O)NCc1ccc(F)cc1F. The first-order chi connectivity index (χ1) is 14.6. The third-order valence-electron chi connectivity index (χ3n) is 4.57. The first kappa shape index (κ1) is 22.5. The summed E-state index contributed by atoms with van der Waals surface area (Å²) in [6, 6.07) is 10.3. The highest BCUT2D eigenvalue weighted by atomic mass is 32.2. The second-order valence-corrected chi connectivity index (χ2v) is 9.12. The number of carboxylic acid groups (broad SMARTS) is 1. The molecule has 1 heterocycles. The molecule has 0 saturated carbocycles. The van der Waals surface area contributed by atoms with E-state index in [2.05, 4.69) is 15.3 Å². The van der Waals surface area contributed by atoms with Crippen LogP contribution in [0.15, 0.2) is 47.4 Å². The molecule has 31 heavy (non-hydrogen) atoms. The third kappa shape index (κ3) is 5.29. The van der Waals surface area contributed by atoms with E-state index in [0.29, 0.717) is 11.5 Å². The van der Waals surface area contributed by atoms with E-state index in [9.17, 15) is 23.5 Å². The Morgan fingerprint density at radius 3 is 2.45 bits per heavy atom. The van der Waals surface area contributed by atoms with Gasteiger partial charge in [0.15, 0.2) is 0 Å². The number of carbonyl (C=O) groups excluding carboxylic acids is 1. The van der Waals surface area contributed by atoms with E-state index in [1.165, 1.54) is 17.8 Å². The number of imidazole rings is 1. The summed E-state index contributed by atoms with van der Waals surface area (Å²) >= 11 is 1.23. The van der Waals surface area contributed by atoms with Crippen LogP contribution < -0.4 is 5.32 Å². The number of aromatic amines is 1. The van der Waals surface area contributed by atoms with Crippen LogP contribution in [0.5, 0.6) is 0 Å². The number of nitrogens with one attached hydrogen (secondary N) is 2. The molecule has 0 fully saturated rings. The van der Waals surface area contributed by atoms with Gasteiger partial charge in [-0.3, -0.25) is 9.59 Å². The minimum absolute atomic E-state index is 0.0993. The summed E-state index contributed by atoms with van der Waals surface area (Å²) < 4.78 is 25.8. The average molecular weight is 445 g/mol. The molecule has 1 amide bonds. The molecule has 0 aliphatic carbocycles. The zero-order chi connectivity index (χ0) is 22.8. The van der Waals surface area contributed by atoms with Gasteiger partial charge in [0.05, 0.1) is 0 Å². The van der Waals surface area contributed by atoms with E-state index < -0.39 is 28.3 Å². The molecular formula is C22H21F2N3O3S. The first-order valence-corrected chi connectivity index (χ1v) is 10.2. The van der Waals surface area contributed by atoms with E-state index in [1.54, 1.807) is 45.0 Å². The Hall–Kier alpha value is -3.20. The van der Waals surface area contributed by atoms with Crippen molar-refractivity contribution < 1.29 is 23.5 Å². The van der Waals surface area contributed by atoms with Crippen LogP contribution in [-0.4, -0.2) is 31.7 Å². The number of aromatic nitrogens is 2. The predicted octanol–water partition coefficient (Wildman–Crippen LogP) is 4.55. The van der Waals surface area contributed by atoms with Crippen LogP contribution in [0.2, 0.25) is 0 Å². The molecule has 0 unspecified atom stereocenters. The molecule has 0 bridgehead atoms. The normalized spacial score (nSPS) is 11.4. The van der Waals surface area contributed by atoms with E-state index >= 15 is 0 Å². The Morgan fingerprint density at radius 2 is 1.84 bits per heavy atom. The maximum absolute atomic E-state index is 13.7. The molecule has 3 N–H and O–H groups in total. The van der Waals surface area contributed by atoms with Crippen molar-refractivity contribution >= 4 is 23.6 Å². The smallest absolute Gasteiger partial charge is 0.319 e. The number of amides is 1. The van der Waals surface area contributed by atoms with E-state index in [4.69, 9.17) is 0 Å². The minimum Gasteiger partial charge on any atom is -0.480 e. The molecule has 2 aromatic carbocycles. The molecule has 0 aliphatic heterocycles. The molecule has 0 spiro atoms. The van der Waals surface area contributed by atoms with Gasteiger partial charge in [-0.05, 0) is 39.0 Å². The van der Waals surface area contributed by atoms with Gasteiger partial charge in [-0.15, -0.1) is 11.8 Å². The summed E-state index contributed by atoms with van der Waals surface area (Å²) in [5.74, 6) is -2.33. The van der Waals surface area contributed by atoms with Crippen molar-refractivity contribution in [1.29, 1.82) is 0 Å². The molecule has 0 saturated heterocycles. The number of H-pyrrole nitrogens is 1. The van der Waals surface area contributed by atoms with Crippen LogP contribution in [0.3, 0.4) is 0 Å². The summed E-state index contributed by atoms with van der Waals surface area (Å²) in [6.45, 7) is 4.86. The van der Waals surface area contributed by atoms with Crippen LogP contribution in [0.4, 0.5) is 8.78 Å². The number of rotatable bonds is 7. The molecule has 9 heteroatoms. The second kappa shape index (κ2) is 8.89. The van der Waals surface area contributed by atoms with Crippen molar-refractivity contribution in [2.45, 2.75) is 37.0 Å². The largest absolute Gasteiger partial charge is 0.480 e. The lowest BCUT2D eigenvalue weighted by molar-refractivity contribution is -0.138. The van der Waals surface area contributed by atoms with Crippen molar-refractivity contribution in [3.63, 3.8) is 0 Å². The third-order valence-corrected chi connectivity index (χ3v) is 5.76. The molecule has 3 aromatic rings. The van der Waals surface area contributed by atoms with Gasteiger partial charge in [0.25, 0.3) is 5.91 Å². The fourth-order valence-electron chi connectivity index (χ4n) is 2.76. The molecular weight excluding hydrogens is 424 g/mol. The van der Waals surface area contributed by atoms with Crippen molar-refractivity contribution in [3.8, 4) is 11.4 Å². The molecule has 3 rings (SSSR count). The average Bonchev–Trinajstić information content (AvgIpc) is 3.09. The van der Waals surface area contributed by atoms with Gasteiger partial charge in [-0.25, -0.2) is 13.8 Å². The lowest BCUT2D eigenvalue weighted by atomic mass is 10.2. The molecule has 162 valence electrons. The summed E-state index contributed by atoms with van der Waals surface area (Å²) in [5.41, 5.74) is 1.60. The van der Waals surface area contributed by atoms with Gasteiger partial charge in [-0.2, -0.15) is 0 Å². The number of halogens is 2. The Balaban J connectivity index is 1.71. The summed E-state index contributed by atoms with van der Waals surface area (Å²) in [5, 5.41) is 11.8. The van der Waals surface area contributed by atoms with Crippen LogP contribution in [0, 0.1) is 18.6 Å². The van der Waals surface area contributed by atoms with Crippen molar-refractivity contribution in [3.05, 3.63) is 71.1 Å². The highest BCUT2D eigenvalue weighted by molar-refractivity contribution is 8.01. The molecule has 0 radical (unpaired) electrons. The summed E-state index contributed by atoms with van der Waals surface area (Å²) in [7, 11) is 0. The zero-order valence-corrected chi connectivity index (χ0v) is 17.9. The van der Waals surface area contributed by atoms with E-state index in [0.717, 1.165) is 22.6 Å². The van der Waals surface area contributed by atoms with Crippen LogP contribution >= 0.6 is 11.8 Å². The number of aryl methyl sites for hydroxylation is 1. The quantitative estimate of drug-likeness (QED) is 0.464. The molecule has 0 aliphatic rings. The highest BCUT2D eigenvalue weighted by Crippen LogP contribution is 2.33. The van der Waals surface area contributed by atoms with E-state index in [1.807, 2.05) is 0 Å². The van der Waals surface area contributed by atoms with Gasteiger partial charge < -0.3 is 15.4 Å². The number of nitrogens with zero attached hydrogens (tertiary/aromatic N) is 1.